The number of rotatable bonds is 6. The normalized spacial score (nSPS) is 18.8. The second kappa shape index (κ2) is 8.99. The number of aromatic hydroxyl groups is 1. The first-order valence-corrected chi connectivity index (χ1v) is 9.88. The zero-order valence-electron chi connectivity index (χ0n) is 16.9. The summed E-state index contributed by atoms with van der Waals surface area (Å²) in [5.74, 6) is 0.0764. The van der Waals surface area contributed by atoms with E-state index in [4.69, 9.17) is 0 Å². The number of likely N-dealkylation sites (tertiary alicyclic amines) is 1. The number of hydrogen-bond acceptors (Lipinski definition) is 6. The molecule has 0 bridgehead atoms. The molecule has 1 aromatic carbocycles. The Labute approximate surface area is 173 Å². The molecule has 2 atom stereocenters. The summed E-state index contributed by atoms with van der Waals surface area (Å²) in [5, 5.41) is 21.7. The predicted molar refractivity (Wildman–Crippen MR) is 107 cm³/mol. The van der Waals surface area contributed by atoms with Gasteiger partial charge in [-0.2, -0.15) is 13.2 Å². The minimum atomic E-state index is -4.53. The minimum absolute atomic E-state index is 0.159. The average Bonchev–Trinajstić information content (AvgIpc) is 2.68. The summed E-state index contributed by atoms with van der Waals surface area (Å²) < 4.78 is 38.4. The molecule has 0 aliphatic carbocycles. The summed E-state index contributed by atoms with van der Waals surface area (Å²) in [6.07, 6.45) is -1.12. The Hall–Kier alpha value is -2.68. The molecule has 2 heterocycles. The van der Waals surface area contributed by atoms with Gasteiger partial charge in [0, 0.05) is 30.6 Å². The number of carbonyl (C=O) groups is 1. The molecule has 0 saturated carbocycles. The molecule has 1 aromatic heterocycles. The van der Waals surface area contributed by atoms with Gasteiger partial charge in [-0.15, -0.1) is 10.2 Å². The van der Waals surface area contributed by atoms with Gasteiger partial charge in [-0.25, -0.2) is 0 Å². The fraction of sp³-hybridized carbons (Fsp3) is 0.476. The summed E-state index contributed by atoms with van der Waals surface area (Å²) in [6.45, 7) is 5.54. The van der Waals surface area contributed by atoms with Crippen LogP contribution < -0.4 is 5.32 Å². The number of aryl methyl sites for hydroxylation is 1. The van der Waals surface area contributed by atoms with Crippen LogP contribution in [0.25, 0.3) is 11.3 Å². The highest BCUT2D eigenvalue weighted by Gasteiger charge is 2.31. The Morgan fingerprint density at radius 1 is 1.33 bits per heavy atom. The third kappa shape index (κ3) is 5.08. The number of alkyl halides is 3. The third-order valence-electron chi connectivity index (χ3n) is 5.43. The number of benzene rings is 1. The van der Waals surface area contributed by atoms with Gasteiger partial charge in [0.05, 0.1) is 11.3 Å². The summed E-state index contributed by atoms with van der Waals surface area (Å²) in [7, 11) is 0. The molecule has 30 heavy (non-hydrogen) atoms. The summed E-state index contributed by atoms with van der Waals surface area (Å²) in [5.41, 5.74) is 0.297. The van der Waals surface area contributed by atoms with Crippen LogP contribution in [0.5, 0.6) is 5.75 Å². The number of nitrogens with zero attached hydrogens (tertiary/aromatic N) is 3. The first-order chi connectivity index (χ1) is 14.2. The first kappa shape index (κ1) is 22.0. The summed E-state index contributed by atoms with van der Waals surface area (Å²) in [6, 6.07) is 4.93. The topological polar surface area (TPSA) is 78.4 Å². The van der Waals surface area contributed by atoms with Gasteiger partial charge < -0.3 is 15.2 Å². The van der Waals surface area contributed by atoms with Gasteiger partial charge >= 0.3 is 6.18 Å². The molecule has 1 saturated heterocycles. The van der Waals surface area contributed by atoms with E-state index < -0.39 is 17.5 Å². The van der Waals surface area contributed by atoms with Crippen molar-refractivity contribution >= 4 is 12.1 Å². The highest BCUT2D eigenvalue weighted by atomic mass is 19.4. The minimum Gasteiger partial charge on any atom is -0.507 e. The lowest BCUT2D eigenvalue weighted by Gasteiger charge is -2.36. The Bertz CT molecular complexity index is 904. The second-order valence-corrected chi connectivity index (χ2v) is 7.72. The molecule has 2 aromatic rings. The van der Waals surface area contributed by atoms with E-state index in [1.54, 1.807) is 13.0 Å². The van der Waals surface area contributed by atoms with Crippen LogP contribution in [0.3, 0.4) is 0 Å². The van der Waals surface area contributed by atoms with Crippen LogP contribution in [-0.2, 0) is 11.0 Å². The predicted octanol–water partition coefficient (Wildman–Crippen LogP) is 4.03. The van der Waals surface area contributed by atoms with Crippen LogP contribution in [0, 0.1) is 6.92 Å². The number of aldehydes is 1. The van der Waals surface area contributed by atoms with E-state index in [-0.39, 0.29) is 17.6 Å². The number of piperidine rings is 1. The van der Waals surface area contributed by atoms with Crippen LogP contribution in [0.15, 0.2) is 24.3 Å². The lowest BCUT2D eigenvalue weighted by molar-refractivity contribution is -0.137. The molecule has 0 spiro atoms. The number of aromatic nitrogens is 2. The maximum Gasteiger partial charge on any atom is 0.416 e. The van der Waals surface area contributed by atoms with Crippen molar-refractivity contribution in [3.63, 3.8) is 0 Å². The Balaban J connectivity index is 1.74. The van der Waals surface area contributed by atoms with Crippen LogP contribution >= 0.6 is 0 Å². The molecular formula is C21H25F3N4O2. The molecule has 0 amide bonds. The summed E-state index contributed by atoms with van der Waals surface area (Å²) >= 11 is 0. The van der Waals surface area contributed by atoms with Gasteiger partial charge in [-0.05, 0) is 63.1 Å². The maximum atomic E-state index is 12.8. The fourth-order valence-electron chi connectivity index (χ4n) is 3.75. The largest absolute Gasteiger partial charge is 0.507 e. The Kier molecular flexibility index (Phi) is 6.60. The van der Waals surface area contributed by atoms with Crippen molar-refractivity contribution < 1.29 is 23.1 Å². The number of phenolic OH excluding ortho intramolecular Hbond substituents is 1. The van der Waals surface area contributed by atoms with Crippen LogP contribution in [0.1, 0.15) is 37.3 Å². The van der Waals surface area contributed by atoms with E-state index in [0.29, 0.717) is 29.6 Å². The first-order valence-electron chi connectivity index (χ1n) is 9.88. The fourth-order valence-corrected chi connectivity index (χ4v) is 3.75. The lowest BCUT2D eigenvalue weighted by Crippen LogP contribution is -2.46. The van der Waals surface area contributed by atoms with E-state index in [9.17, 15) is 23.1 Å². The summed E-state index contributed by atoms with van der Waals surface area (Å²) in [4.78, 5) is 13.0. The molecule has 9 heteroatoms. The Morgan fingerprint density at radius 2 is 2.10 bits per heavy atom. The number of carbonyl (C=O) groups excluding carboxylic acids is 1. The van der Waals surface area contributed by atoms with Crippen molar-refractivity contribution in [2.75, 3.05) is 18.4 Å². The molecule has 1 fully saturated rings. The van der Waals surface area contributed by atoms with Crippen molar-refractivity contribution in [3.05, 3.63) is 35.4 Å². The van der Waals surface area contributed by atoms with Crippen molar-refractivity contribution in [2.45, 2.75) is 51.4 Å². The van der Waals surface area contributed by atoms with Crippen molar-refractivity contribution in [2.24, 2.45) is 0 Å². The standard InChI is InChI=1S/C21H25F3N4O2/c1-13-10-19(25-16-4-3-8-28(12-16)14(2)7-9-29)26-27-20(13)17-6-5-15(11-18(17)30)21(22,23)24/h5-6,9-11,14,16,30H,3-4,7-8,12H2,1-2H3,(H,25,26). The highest BCUT2D eigenvalue weighted by molar-refractivity contribution is 5.70. The van der Waals surface area contributed by atoms with Crippen molar-refractivity contribution in [3.8, 4) is 17.0 Å². The smallest absolute Gasteiger partial charge is 0.416 e. The molecular weight excluding hydrogens is 397 g/mol. The monoisotopic (exact) mass is 422 g/mol. The van der Waals surface area contributed by atoms with E-state index in [1.165, 1.54) is 6.07 Å². The van der Waals surface area contributed by atoms with Crippen molar-refractivity contribution in [1.82, 2.24) is 15.1 Å². The number of nitrogens with one attached hydrogen (secondary N) is 1. The SMILES string of the molecule is Cc1cc(NC2CCCN(C(C)CC=O)C2)nnc1-c1ccc(C(F)(F)F)cc1O. The molecule has 3 rings (SSSR count). The zero-order valence-corrected chi connectivity index (χ0v) is 16.9. The maximum absolute atomic E-state index is 12.8. The zero-order chi connectivity index (χ0) is 21.9. The molecule has 6 nitrogen and oxygen atoms in total. The van der Waals surface area contributed by atoms with Gasteiger partial charge in [0.15, 0.2) is 0 Å². The van der Waals surface area contributed by atoms with E-state index >= 15 is 0 Å². The third-order valence-corrected chi connectivity index (χ3v) is 5.43. The van der Waals surface area contributed by atoms with Crippen molar-refractivity contribution in [1.29, 1.82) is 0 Å². The second-order valence-electron chi connectivity index (χ2n) is 7.72. The van der Waals surface area contributed by atoms with Crippen LogP contribution in [-0.4, -0.2) is 51.7 Å². The van der Waals surface area contributed by atoms with Crippen LogP contribution in [0.4, 0.5) is 19.0 Å². The van der Waals surface area contributed by atoms with Gasteiger partial charge in [-0.3, -0.25) is 4.90 Å². The van der Waals surface area contributed by atoms with Gasteiger partial charge in [-0.1, -0.05) is 0 Å². The Morgan fingerprint density at radius 3 is 2.73 bits per heavy atom. The van der Waals surface area contributed by atoms with Gasteiger partial charge in [0.2, 0.25) is 0 Å². The molecule has 1 aliphatic rings. The quantitative estimate of drug-likeness (QED) is 0.685. The lowest BCUT2D eigenvalue weighted by atomic mass is 10.0. The van der Waals surface area contributed by atoms with E-state index in [0.717, 1.165) is 38.3 Å². The highest BCUT2D eigenvalue weighted by Crippen LogP contribution is 2.36. The number of anilines is 1. The molecule has 0 radical (unpaired) electrons. The van der Waals surface area contributed by atoms with E-state index in [1.807, 2.05) is 6.92 Å². The molecule has 1 aliphatic heterocycles. The number of hydrogen-bond donors (Lipinski definition) is 2. The molecule has 2 N–H and O–H groups in total. The average molecular weight is 422 g/mol. The van der Waals surface area contributed by atoms with Gasteiger partial charge in [0.25, 0.3) is 0 Å². The molecule has 2 unspecified atom stereocenters. The van der Waals surface area contributed by atoms with Crippen LogP contribution in [0.2, 0.25) is 0 Å². The molecule has 162 valence electrons. The number of phenols is 1. The van der Waals surface area contributed by atoms with Gasteiger partial charge in [0.1, 0.15) is 17.9 Å². The van der Waals surface area contributed by atoms with E-state index in [2.05, 4.69) is 20.4 Å². The number of halogens is 3.